The van der Waals surface area contributed by atoms with E-state index in [1.807, 2.05) is 0 Å². The minimum Gasteiger partial charge on any atom is -0.392 e. The molecule has 2 heteroatoms. The van der Waals surface area contributed by atoms with Crippen LogP contribution in [0.1, 0.15) is 32.1 Å². The highest BCUT2D eigenvalue weighted by Gasteiger charge is 2.64. The number of ether oxygens (including phenoxy) is 1. The Morgan fingerprint density at radius 2 is 2.00 bits per heavy atom. The van der Waals surface area contributed by atoms with Crippen LogP contribution in [0.4, 0.5) is 0 Å². The zero-order chi connectivity index (χ0) is 8.18. The van der Waals surface area contributed by atoms with Gasteiger partial charge in [-0.25, -0.2) is 0 Å². The Morgan fingerprint density at radius 3 is 2.75 bits per heavy atom. The van der Waals surface area contributed by atoms with Crippen LogP contribution < -0.4 is 0 Å². The summed E-state index contributed by atoms with van der Waals surface area (Å²) in [6, 6.07) is 0. The summed E-state index contributed by atoms with van der Waals surface area (Å²) in [4.78, 5) is 0. The fraction of sp³-hybridized carbons (Fsp3) is 1.00. The Kier molecular flexibility index (Phi) is 1.37. The summed E-state index contributed by atoms with van der Waals surface area (Å²) in [5.41, 5.74) is 0.209. The lowest BCUT2D eigenvalue weighted by molar-refractivity contribution is -0.196. The van der Waals surface area contributed by atoms with Crippen LogP contribution in [-0.4, -0.2) is 23.9 Å². The number of rotatable bonds is 0. The molecule has 1 heterocycles. The highest BCUT2D eigenvalue weighted by atomic mass is 16.5. The van der Waals surface area contributed by atoms with Crippen LogP contribution >= 0.6 is 0 Å². The van der Waals surface area contributed by atoms with Crippen molar-refractivity contribution in [2.75, 3.05) is 6.61 Å². The SMILES string of the molecule is O[C@H]1[C@H]2CCO[C@@H]2C12CCCC2. The first-order valence-electron chi connectivity index (χ1n) is 5.14. The second kappa shape index (κ2) is 2.24. The third-order valence-electron chi connectivity index (χ3n) is 4.23. The summed E-state index contributed by atoms with van der Waals surface area (Å²) in [5.74, 6) is 0.489. The Hall–Kier alpha value is -0.0800. The Labute approximate surface area is 72.9 Å². The average molecular weight is 168 g/mol. The van der Waals surface area contributed by atoms with Crippen LogP contribution in [-0.2, 0) is 4.74 Å². The van der Waals surface area contributed by atoms with E-state index < -0.39 is 0 Å². The van der Waals surface area contributed by atoms with E-state index in [2.05, 4.69) is 0 Å². The molecule has 0 bridgehead atoms. The zero-order valence-corrected chi connectivity index (χ0v) is 7.33. The molecular weight excluding hydrogens is 152 g/mol. The Bertz CT molecular complexity index is 196. The van der Waals surface area contributed by atoms with Crippen LogP contribution in [0.3, 0.4) is 0 Å². The molecule has 1 spiro atoms. The van der Waals surface area contributed by atoms with E-state index in [4.69, 9.17) is 4.74 Å². The van der Waals surface area contributed by atoms with Crippen LogP contribution in [0.2, 0.25) is 0 Å². The largest absolute Gasteiger partial charge is 0.392 e. The summed E-state index contributed by atoms with van der Waals surface area (Å²) in [7, 11) is 0. The van der Waals surface area contributed by atoms with Crippen molar-refractivity contribution in [2.45, 2.75) is 44.3 Å². The van der Waals surface area contributed by atoms with Gasteiger partial charge in [0.25, 0.3) is 0 Å². The molecular formula is C10H16O2. The molecule has 2 saturated carbocycles. The molecule has 68 valence electrons. The Morgan fingerprint density at radius 1 is 1.25 bits per heavy atom. The van der Waals surface area contributed by atoms with Gasteiger partial charge in [-0.1, -0.05) is 12.8 Å². The van der Waals surface area contributed by atoms with E-state index in [1.165, 1.54) is 25.7 Å². The second-order valence-electron chi connectivity index (χ2n) is 4.63. The van der Waals surface area contributed by atoms with Gasteiger partial charge in [0, 0.05) is 17.9 Å². The molecule has 3 rings (SSSR count). The van der Waals surface area contributed by atoms with E-state index in [-0.39, 0.29) is 11.5 Å². The molecule has 0 unspecified atom stereocenters. The van der Waals surface area contributed by atoms with Gasteiger partial charge in [0.2, 0.25) is 0 Å². The first-order chi connectivity index (χ1) is 5.84. The lowest BCUT2D eigenvalue weighted by Crippen LogP contribution is -2.61. The molecule has 0 amide bonds. The quantitative estimate of drug-likeness (QED) is 0.591. The molecule has 0 radical (unpaired) electrons. The molecule has 1 aliphatic heterocycles. The van der Waals surface area contributed by atoms with Gasteiger partial charge in [-0.05, 0) is 19.3 Å². The second-order valence-corrected chi connectivity index (χ2v) is 4.63. The minimum absolute atomic E-state index is 0.0347. The molecule has 3 fully saturated rings. The molecule has 1 N–H and O–H groups in total. The Balaban J connectivity index is 1.87. The minimum atomic E-state index is -0.0347. The lowest BCUT2D eigenvalue weighted by atomic mass is 9.56. The fourth-order valence-electron chi connectivity index (χ4n) is 3.61. The topological polar surface area (TPSA) is 29.5 Å². The molecule has 0 aromatic heterocycles. The maximum atomic E-state index is 9.99. The lowest BCUT2D eigenvalue weighted by Gasteiger charge is -2.53. The number of fused-ring (bicyclic) bond motifs is 2. The van der Waals surface area contributed by atoms with Gasteiger partial charge < -0.3 is 9.84 Å². The summed E-state index contributed by atoms with van der Waals surface area (Å²) in [6.07, 6.45) is 6.48. The van der Waals surface area contributed by atoms with E-state index in [9.17, 15) is 5.11 Å². The number of hydrogen-bond acceptors (Lipinski definition) is 2. The fourth-order valence-corrected chi connectivity index (χ4v) is 3.61. The molecule has 3 atom stereocenters. The van der Waals surface area contributed by atoms with Gasteiger partial charge in [-0.15, -0.1) is 0 Å². The monoisotopic (exact) mass is 168 g/mol. The van der Waals surface area contributed by atoms with Crippen molar-refractivity contribution >= 4 is 0 Å². The molecule has 2 nitrogen and oxygen atoms in total. The molecule has 12 heavy (non-hydrogen) atoms. The smallest absolute Gasteiger partial charge is 0.0709 e. The van der Waals surface area contributed by atoms with Crippen LogP contribution in [0.25, 0.3) is 0 Å². The van der Waals surface area contributed by atoms with E-state index in [0.717, 1.165) is 13.0 Å². The van der Waals surface area contributed by atoms with Crippen LogP contribution in [0, 0.1) is 11.3 Å². The summed E-state index contributed by atoms with van der Waals surface area (Å²) in [6.45, 7) is 0.883. The normalized spacial score (nSPS) is 49.2. The average Bonchev–Trinajstić information content (AvgIpc) is 2.72. The van der Waals surface area contributed by atoms with Crippen molar-refractivity contribution in [1.82, 2.24) is 0 Å². The van der Waals surface area contributed by atoms with Crippen molar-refractivity contribution < 1.29 is 9.84 Å². The zero-order valence-electron chi connectivity index (χ0n) is 7.33. The summed E-state index contributed by atoms with van der Waals surface area (Å²) in [5, 5.41) is 9.99. The maximum Gasteiger partial charge on any atom is 0.0709 e. The standard InChI is InChI=1S/C10H16O2/c11-8-7-3-6-12-9(7)10(8)4-1-2-5-10/h7-9,11H,1-6H2/t7-,8+,9+/m1/s1. The molecule has 0 aromatic carbocycles. The highest BCUT2D eigenvalue weighted by molar-refractivity contribution is 5.13. The van der Waals surface area contributed by atoms with Crippen molar-refractivity contribution in [3.63, 3.8) is 0 Å². The van der Waals surface area contributed by atoms with Gasteiger partial charge in [0.05, 0.1) is 12.2 Å². The first kappa shape index (κ1) is 7.34. The summed E-state index contributed by atoms with van der Waals surface area (Å²) >= 11 is 0. The maximum absolute atomic E-state index is 9.99. The van der Waals surface area contributed by atoms with Crippen molar-refractivity contribution in [2.24, 2.45) is 11.3 Å². The molecule has 0 aromatic rings. The molecule has 2 aliphatic carbocycles. The van der Waals surface area contributed by atoms with Gasteiger partial charge in [0.1, 0.15) is 0 Å². The van der Waals surface area contributed by atoms with Crippen molar-refractivity contribution in [1.29, 1.82) is 0 Å². The van der Waals surface area contributed by atoms with Gasteiger partial charge >= 0.3 is 0 Å². The third kappa shape index (κ3) is 0.647. The van der Waals surface area contributed by atoms with E-state index in [0.29, 0.717) is 12.0 Å². The predicted octanol–water partition coefficient (Wildman–Crippen LogP) is 1.33. The predicted molar refractivity (Wildman–Crippen MR) is 44.8 cm³/mol. The number of aliphatic hydroxyl groups excluding tert-OH is 1. The van der Waals surface area contributed by atoms with Crippen LogP contribution in [0.5, 0.6) is 0 Å². The van der Waals surface area contributed by atoms with E-state index >= 15 is 0 Å². The molecule has 1 saturated heterocycles. The van der Waals surface area contributed by atoms with Crippen molar-refractivity contribution in [3.05, 3.63) is 0 Å². The van der Waals surface area contributed by atoms with Gasteiger partial charge in [-0.3, -0.25) is 0 Å². The van der Waals surface area contributed by atoms with E-state index in [1.54, 1.807) is 0 Å². The van der Waals surface area contributed by atoms with Crippen LogP contribution in [0.15, 0.2) is 0 Å². The van der Waals surface area contributed by atoms with Gasteiger partial charge in [0.15, 0.2) is 0 Å². The van der Waals surface area contributed by atoms with Crippen molar-refractivity contribution in [3.8, 4) is 0 Å². The number of hydrogen-bond donors (Lipinski definition) is 1. The highest BCUT2D eigenvalue weighted by Crippen LogP contribution is 2.60. The first-order valence-corrected chi connectivity index (χ1v) is 5.14. The number of aliphatic hydroxyl groups is 1. The third-order valence-corrected chi connectivity index (χ3v) is 4.23. The molecule has 3 aliphatic rings. The summed E-state index contributed by atoms with van der Waals surface area (Å²) < 4.78 is 5.70. The van der Waals surface area contributed by atoms with Gasteiger partial charge in [-0.2, -0.15) is 0 Å².